The molecule has 0 heterocycles. The Kier molecular flexibility index (Phi) is 5.14. The van der Waals surface area contributed by atoms with E-state index in [-0.39, 0.29) is 9.79 Å². The molecule has 1 saturated carbocycles. The number of nitrogens with zero attached hydrogens (tertiary/aromatic N) is 2. The van der Waals surface area contributed by atoms with Crippen LogP contribution >= 0.6 is 0 Å². The van der Waals surface area contributed by atoms with Gasteiger partial charge in [0.2, 0.25) is 9.84 Å². The number of hydrogen-bond donors (Lipinski definition) is 0. The van der Waals surface area contributed by atoms with E-state index in [4.69, 9.17) is 0 Å². The summed E-state index contributed by atoms with van der Waals surface area (Å²) in [6.07, 6.45) is 3.80. The number of sulfone groups is 1. The lowest BCUT2D eigenvalue weighted by atomic mass is 10.1. The molecular formula is C20H23FN2O2S. The molecule has 0 spiro atoms. The number of halogens is 1. The predicted molar refractivity (Wildman–Crippen MR) is 101 cm³/mol. The fraction of sp³-hybridized carbons (Fsp3) is 0.350. The summed E-state index contributed by atoms with van der Waals surface area (Å²) >= 11 is 0. The van der Waals surface area contributed by atoms with E-state index in [1.54, 1.807) is 25.4 Å². The quantitative estimate of drug-likeness (QED) is 0.554. The van der Waals surface area contributed by atoms with E-state index in [1.807, 2.05) is 18.9 Å². The second-order valence-electron chi connectivity index (χ2n) is 6.70. The van der Waals surface area contributed by atoms with Crippen molar-refractivity contribution in [1.29, 1.82) is 0 Å². The van der Waals surface area contributed by atoms with Gasteiger partial charge in [0.25, 0.3) is 0 Å². The predicted octanol–water partition coefficient (Wildman–Crippen LogP) is 4.46. The molecule has 4 nitrogen and oxygen atoms in total. The molecule has 0 radical (unpaired) electrons. The van der Waals surface area contributed by atoms with Gasteiger partial charge in [0.15, 0.2) is 0 Å². The Morgan fingerprint density at radius 3 is 2.54 bits per heavy atom. The van der Waals surface area contributed by atoms with Crippen LogP contribution in [0.3, 0.4) is 0 Å². The number of benzene rings is 2. The average Bonchev–Trinajstić information content (AvgIpc) is 3.44. The van der Waals surface area contributed by atoms with Crippen molar-refractivity contribution in [2.45, 2.75) is 42.4 Å². The molecule has 0 amide bonds. The summed E-state index contributed by atoms with van der Waals surface area (Å²) in [6, 6.07) is 8.98. The summed E-state index contributed by atoms with van der Waals surface area (Å²) < 4.78 is 40.1. The van der Waals surface area contributed by atoms with Gasteiger partial charge in [-0.1, -0.05) is 12.1 Å². The molecule has 0 aliphatic heterocycles. The maximum Gasteiger partial charge on any atom is 0.209 e. The van der Waals surface area contributed by atoms with Gasteiger partial charge in [-0.05, 0) is 68.0 Å². The highest BCUT2D eigenvalue weighted by molar-refractivity contribution is 7.91. The number of hydrogen-bond acceptors (Lipinski definition) is 3. The third-order valence-electron chi connectivity index (χ3n) is 4.65. The monoisotopic (exact) mass is 374 g/mol. The lowest BCUT2D eigenvalue weighted by Crippen LogP contribution is -2.14. The van der Waals surface area contributed by atoms with Crippen molar-refractivity contribution in [1.82, 2.24) is 4.90 Å². The Morgan fingerprint density at radius 2 is 1.92 bits per heavy atom. The van der Waals surface area contributed by atoms with Crippen molar-refractivity contribution in [3.8, 4) is 0 Å². The van der Waals surface area contributed by atoms with Gasteiger partial charge in [-0.2, -0.15) is 0 Å². The van der Waals surface area contributed by atoms with Crippen LogP contribution in [0.5, 0.6) is 0 Å². The van der Waals surface area contributed by atoms with Crippen LogP contribution in [0.1, 0.15) is 36.8 Å². The highest BCUT2D eigenvalue weighted by atomic mass is 32.2. The van der Waals surface area contributed by atoms with Gasteiger partial charge < -0.3 is 4.90 Å². The molecule has 0 aromatic heterocycles. The van der Waals surface area contributed by atoms with E-state index in [0.29, 0.717) is 11.5 Å². The van der Waals surface area contributed by atoms with Crippen LogP contribution in [0.2, 0.25) is 0 Å². The van der Waals surface area contributed by atoms with Crippen molar-refractivity contribution in [2.24, 2.45) is 4.99 Å². The molecule has 0 bridgehead atoms. The van der Waals surface area contributed by atoms with E-state index in [0.717, 1.165) is 30.6 Å². The maximum absolute atomic E-state index is 14.1. The van der Waals surface area contributed by atoms with Gasteiger partial charge in [-0.3, -0.25) is 0 Å². The summed E-state index contributed by atoms with van der Waals surface area (Å²) in [5.74, 6) is -0.407. The van der Waals surface area contributed by atoms with E-state index in [9.17, 15) is 12.8 Å². The molecule has 1 aliphatic rings. The van der Waals surface area contributed by atoms with Gasteiger partial charge in [-0.15, -0.1) is 0 Å². The standard InChI is InChI=1S/C20H23FN2O2S/c1-4-23(3)13-22-18-11-14(2)20(12-16(18)15-9-10-15)26(24,25)19-8-6-5-7-17(19)21/h5-8,11-13,15H,4,9-10H2,1-3H3. The van der Waals surface area contributed by atoms with E-state index in [1.165, 1.54) is 24.3 Å². The van der Waals surface area contributed by atoms with Crippen LogP contribution in [0.15, 0.2) is 51.2 Å². The first kappa shape index (κ1) is 18.6. The molecule has 26 heavy (non-hydrogen) atoms. The van der Waals surface area contributed by atoms with Crippen molar-refractivity contribution in [3.05, 3.63) is 53.3 Å². The minimum atomic E-state index is -3.92. The molecule has 1 fully saturated rings. The van der Waals surface area contributed by atoms with Crippen LogP contribution in [-0.4, -0.2) is 33.2 Å². The molecule has 3 rings (SSSR count). The Labute approximate surface area is 154 Å². The minimum absolute atomic E-state index is 0.160. The molecule has 2 aromatic carbocycles. The lowest BCUT2D eigenvalue weighted by Gasteiger charge is -2.14. The van der Waals surface area contributed by atoms with Crippen molar-refractivity contribution in [3.63, 3.8) is 0 Å². The van der Waals surface area contributed by atoms with Crippen LogP contribution in [-0.2, 0) is 9.84 Å². The third-order valence-corrected chi connectivity index (χ3v) is 6.58. The summed E-state index contributed by atoms with van der Waals surface area (Å²) in [7, 11) is -1.98. The highest BCUT2D eigenvalue weighted by Crippen LogP contribution is 2.46. The first-order valence-electron chi connectivity index (χ1n) is 8.73. The fourth-order valence-electron chi connectivity index (χ4n) is 2.83. The fourth-order valence-corrected chi connectivity index (χ4v) is 4.42. The number of rotatable bonds is 6. The van der Waals surface area contributed by atoms with Gasteiger partial charge in [0.1, 0.15) is 10.7 Å². The summed E-state index contributed by atoms with van der Waals surface area (Å²) in [5, 5.41) is 0. The molecule has 0 atom stereocenters. The Hall–Kier alpha value is -2.21. The maximum atomic E-state index is 14.1. The molecule has 1 aliphatic carbocycles. The number of aryl methyl sites for hydroxylation is 1. The third kappa shape index (κ3) is 3.65. The van der Waals surface area contributed by atoms with Crippen molar-refractivity contribution < 1.29 is 12.8 Å². The molecule has 0 N–H and O–H groups in total. The lowest BCUT2D eigenvalue weighted by molar-refractivity contribution is 0.552. The van der Waals surface area contributed by atoms with E-state index in [2.05, 4.69) is 4.99 Å². The molecule has 0 unspecified atom stereocenters. The summed E-state index contributed by atoms with van der Waals surface area (Å²) in [5.41, 5.74) is 2.29. The zero-order chi connectivity index (χ0) is 18.9. The SMILES string of the molecule is CCN(C)C=Nc1cc(C)c(S(=O)(=O)c2ccccc2F)cc1C1CC1. The minimum Gasteiger partial charge on any atom is -0.366 e. The smallest absolute Gasteiger partial charge is 0.209 e. The van der Waals surface area contributed by atoms with Gasteiger partial charge >= 0.3 is 0 Å². The van der Waals surface area contributed by atoms with Crippen LogP contribution in [0.25, 0.3) is 0 Å². The Balaban J connectivity index is 2.11. The average molecular weight is 374 g/mol. The van der Waals surface area contributed by atoms with Gasteiger partial charge in [0.05, 0.1) is 16.9 Å². The molecule has 138 valence electrons. The van der Waals surface area contributed by atoms with Gasteiger partial charge in [0, 0.05) is 13.6 Å². The van der Waals surface area contributed by atoms with Crippen LogP contribution in [0.4, 0.5) is 10.1 Å². The second kappa shape index (κ2) is 7.19. The molecule has 6 heteroatoms. The molecule has 2 aromatic rings. The largest absolute Gasteiger partial charge is 0.366 e. The van der Waals surface area contributed by atoms with Gasteiger partial charge in [-0.25, -0.2) is 17.8 Å². The topological polar surface area (TPSA) is 49.7 Å². The summed E-state index contributed by atoms with van der Waals surface area (Å²) in [4.78, 5) is 6.37. The Bertz CT molecular complexity index is 950. The summed E-state index contributed by atoms with van der Waals surface area (Å²) in [6.45, 7) is 4.59. The highest BCUT2D eigenvalue weighted by Gasteiger charge is 2.30. The van der Waals surface area contributed by atoms with Crippen molar-refractivity contribution in [2.75, 3.05) is 13.6 Å². The Morgan fingerprint density at radius 1 is 1.23 bits per heavy atom. The zero-order valence-corrected chi connectivity index (χ0v) is 16.1. The first-order chi connectivity index (χ1) is 12.3. The number of aliphatic imine (C=N–C) groups is 1. The first-order valence-corrected chi connectivity index (χ1v) is 10.2. The van der Waals surface area contributed by atoms with E-state index >= 15 is 0 Å². The zero-order valence-electron chi connectivity index (χ0n) is 15.2. The van der Waals surface area contributed by atoms with Crippen LogP contribution < -0.4 is 0 Å². The van der Waals surface area contributed by atoms with Crippen molar-refractivity contribution >= 4 is 21.9 Å². The second-order valence-corrected chi connectivity index (χ2v) is 8.59. The normalized spacial score (nSPS) is 14.8. The molecular weight excluding hydrogens is 351 g/mol. The van der Waals surface area contributed by atoms with E-state index < -0.39 is 15.7 Å². The molecule has 0 saturated heterocycles. The van der Waals surface area contributed by atoms with Crippen LogP contribution in [0, 0.1) is 12.7 Å².